The van der Waals surface area contributed by atoms with E-state index in [1.165, 1.54) is 5.69 Å². The Morgan fingerprint density at radius 2 is 1.14 bits per heavy atom. The van der Waals surface area contributed by atoms with Gasteiger partial charge in [-0.3, -0.25) is 0 Å². The Kier molecular flexibility index (Phi) is 5.11. The molecule has 0 aliphatic carbocycles. The number of anilines is 1. The van der Waals surface area contributed by atoms with Crippen molar-refractivity contribution < 1.29 is 4.74 Å². The van der Waals surface area contributed by atoms with Crippen LogP contribution in [0.2, 0.25) is 0 Å². The number of hydrogen-bond donors (Lipinski definition) is 0. The van der Waals surface area contributed by atoms with Crippen LogP contribution in [0.25, 0.3) is 17.6 Å². The molecule has 28 heavy (non-hydrogen) atoms. The Morgan fingerprint density at radius 3 is 1.61 bits per heavy atom. The van der Waals surface area contributed by atoms with E-state index in [0.717, 1.165) is 33.8 Å². The largest absolute Gasteiger partial charge is 0.456 e. The van der Waals surface area contributed by atoms with Crippen LogP contribution in [0.4, 0.5) is 5.69 Å². The van der Waals surface area contributed by atoms with E-state index in [1.54, 1.807) is 0 Å². The van der Waals surface area contributed by atoms with Gasteiger partial charge in [0.25, 0.3) is 0 Å². The third-order valence-electron chi connectivity index (χ3n) is 4.67. The van der Waals surface area contributed by atoms with Crippen molar-refractivity contribution in [3.05, 3.63) is 119 Å². The maximum absolute atomic E-state index is 6.25. The number of benzene rings is 3. The fraction of sp³-hybridized carbons (Fsp3) is 0.0769. The highest BCUT2D eigenvalue weighted by Gasteiger charge is 2.14. The Balaban J connectivity index is 1.74. The van der Waals surface area contributed by atoms with Gasteiger partial charge < -0.3 is 9.64 Å². The quantitative estimate of drug-likeness (QED) is 0.542. The molecule has 0 amide bonds. The van der Waals surface area contributed by atoms with Crippen LogP contribution in [-0.4, -0.2) is 14.1 Å². The maximum Gasteiger partial charge on any atom is 0.135 e. The molecule has 2 nitrogen and oxygen atoms in total. The molecule has 1 aliphatic rings. The van der Waals surface area contributed by atoms with Gasteiger partial charge in [0, 0.05) is 30.9 Å². The minimum absolute atomic E-state index is 0.859. The molecule has 0 radical (unpaired) electrons. The summed E-state index contributed by atoms with van der Waals surface area (Å²) >= 11 is 0. The lowest BCUT2D eigenvalue weighted by atomic mass is 10.0. The van der Waals surface area contributed by atoms with Gasteiger partial charge in [-0.15, -0.1) is 0 Å². The first kappa shape index (κ1) is 17.9. The van der Waals surface area contributed by atoms with Crippen molar-refractivity contribution in [1.82, 2.24) is 0 Å². The van der Waals surface area contributed by atoms with Crippen molar-refractivity contribution in [2.45, 2.75) is 0 Å². The molecule has 1 heterocycles. The minimum Gasteiger partial charge on any atom is -0.456 e. The summed E-state index contributed by atoms with van der Waals surface area (Å²) in [7, 11) is 4.10. The fourth-order valence-electron chi connectivity index (χ4n) is 3.16. The first-order valence-electron chi connectivity index (χ1n) is 9.40. The molecule has 0 fully saturated rings. The molecule has 0 spiro atoms. The molecule has 4 rings (SSSR count). The average molecular weight is 365 g/mol. The molecule has 0 bridgehead atoms. The molecule has 3 aromatic carbocycles. The van der Waals surface area contributed by atoms with Crippen molar-refractivity contribution in [1.29, 1.82) is 0 Å². The van der Waals surface area contributed by atoms with E-state index >= 15 is 0 Å². The molecule has 2 heteroatoms. The van der Waals surface area contributed by atoms with Gasteiger partial charge in [-0.25, -0.2) is 0 Å². The summed E-state index contributed by atoms with van der Waals surface area (Å²) in [4.78, 5) is 2.10. The van der Waals surface area contributed by atoms with E-state index in [1.807, 2.05) is 36.4 Å². The van der Waals surface area contributed by atoms with E-state index in [0.29, 0.717) is 0 Å². The highest BCUT2D eigenvalue weighted by atomic mass is 16.5. The van der Waals surface area contributed by atoms with Crippen LogP contribution in [0.3, 0.4) is 0 Å². The lowest BCUT2D eigenvalue weighted by Gasteiger charge is -2.19. The van der Waals surface area contributed by atoms with Crippen molar-refractivity contribution >= 4 is 23.3 Å². The molecule has 0 N–H and O–H groups in total. The van der Waals surface area contributed by atoms with Gasteiger partial charge in [0.2, 0.25) is 0 Å². The smallest absolute Gasteiger partial charge is 0.135 e. The first-order chi connectivity index (χ1) is 13.7. The van der Waals surface area contributed by atoms with E-state index in [9.17, 15) is 0 Å². The summed E-state index contributed by atoms with van der Waals surface area (Å²) in [6.45, 7) is 0. The van der Waals surface area contributed by atoms with Crippen LogP contribution in [0.15, 0.2) is 103 Å². The van der Waals surface area contributed by atoms with E-state index in [4.69, 9.17) is 4.74 Å². The number of rotatable bonds is 4. The standard InChI is InChI=1S/C26H23NO/c1-27(2)24-15-13-20(14-16-24)17-21-18-25(22-9-5-3-6-10-22)28-26(19-21)23-11-7-4-8-12-23/h3-19H,1-2H3. The molecule has 0 atom stereocenters. The summed E-state index contributed by atoms with van der Waals surface area (Å²) < 4.78 is 6.25. The van der Waals surface area contributed by atoms with E-state index in [-0.39, 0.29) is 0 Å². The molecule has 1 aliphatic heterocycles. The second-order valence-corrected chi connectivity index (χ2v) is 6.98. The predicted octanol–water partition coefficient (Wildman–Crippen LogP) is 6.25. The third kappa shape index (κ3) is 4.07. The van der Waals surface area contributed by atoms with E-state index < -0.39 is 0 Å². The fourth-order valence-corrected chi connectivity index (χ4v) is 3.16. The Bertz CT molecular complexity index is 969. The van der Waals surface area contributed by atoms with Gasteiger partial charge >= 0.3 is 0 Å². The summed E-state index contributed by atoms with van der Waals surface area (Å²) in [6.07, 6.45) is 6.39. The Labute approximate surface area is 166 Å². The molecular formula is C26H23NO. The van der Waals surface area contributed by atoms with Gasteiger partial charge in [0.1, 0.15) is 11.5 Å². The zero-order valence-corrected chi connectivity index (χ0v) is 16.2. The predicted molar refractivity (Wildman–Crippen MR) is 119 cm³/mol. The molecular weight excluding hydrogens is 342 g/mol. The van der Waals surface area contributed by atoms with Crippen molar-refractivity contribution in [2.24, 2.45) is 0 Å². The van der Waals surface area contributed by atoms with Crippen molar-refractivity contribution in [3.8, 4) is 0 Å². The highest BCUT2D eigenvalue weighted by Crippen LogP contribution is 2.32. The van der Waals surface area contributed by atoms with E-state index in [2.05, 4.69) is 85.8 Å². The van der Waals surface area contributed by atoms with Crippen molar-refractivity contribution in [3.63, 3.8) is 0 Å². The van der Waals surface area contributed by atoms with Gasteiger partial charge in [-0.1, -0.05) is 72.8 Å². The van der Waals surface area contributed by atoms with Crippen LogP contribution < -0.4 is 4.90 Å². The summed E-state index contributed by atoms with van der Waals surface area (Å²) in [5.41, 5.74) is 5.60. The third-order valence-corrected chi connectivity index (χ3v) is 4.67. The lowest BCUT2D eigenvalue weighted by molar-refractivity contribution is 0.467. The van der Waals surface area contributed by atoms with Gasteiger partial charge in [-0.05, 0) is 41.5 Å². The lowest BCUT2D eigenvalue weighted by Crippen LogP contribution is -2.07. The van der Waals surface area contributed by atoms with Gasteiger partial charge in [0.15, 0.2) is 0 Å². The normalized spacial score (nSPS) is 13.3. The topological polar surface area (TPSA) is 12.5 Å². The molecule has 0 aromatic heterocycles. The average Bonchev–Trinajstić information content (AvgIpc) is 2.75. The first-order valence-corrected chi connectivity index (χ1v) is 9.40. The number of ether oxygens (including phenoxy) is 1. The van der Waals surface area contributed by atoms with Crippen LogP contribution >= 0.6 is 0 Å². The van der Waals surface area contributed by atoms with Crippen LogP contribution in [-0.2, 0) is 4.74 Å². The van der Waals surface area contributed by atoms with Gasteiger partial charge in [0.05, 0.1) is 0 Å². The number of hydrogen-bond acceptors (Lipinski definition) is 2. The van der Waals surface area contributed by atoms with Crippen LogP contribution in [0.1, 0.15) is 16.7 Å². The number of allylic oxidation sites excluding steroid dienone is 3. The zero-order chi connectivity index (χ0) is 19.3. The summed E-state index contributed by atoms with van der Waals surface area (Å²) in [5.74, 6) is 1.72. The molecule has 0 unspecified atom stereocenters. The van der Waals surface area contributed by atoms with Crippen LogP contribution in [0, 0.1) is 0 Å². The Morgan fingerprint density at radius 1 is 0.643 bits per heavy atom. The minimum atomic E-state index is 0.859. The number of nitrogens with zero attached hydrogens (tertiary/aromatic N) is 1. The van der Waals surface area contributed by atoms with Crippen LogP contribution in [0.5, 0.6) is 0 Å². The molecule has 0 saturated carbocycles. The Hall–Kier alpha value is -3.52. The highest BCUT2D eigenvalue weighted by molar-refractivity contribution is 5.80. The van der Waals surface area contributed by atoms with Gasteiger partial charge in [-0.2, -0.15) is 0 Å². The monoisotopic (exact) mass is 365 g/mol. The summed E-state index contributed by atoms with van der Waals surface area (Å²) in [6, 6.07) is 29.0. The SMILES string of the molecule is CN(C)c1ccc(C=C2C=C(c3ccccc3)OC(c3ccccc3)=C2)cc1. The molecule has 3 aromatic rings. The second-order valence-electron chi connectivity index (χ2n) is 6.98. The summed E-state index contributed by atoms with van der Waals surface area (Å²) in [5, 5.41) is 0. The molecule has 138 valence electrons. The zero-order valence-electron chi connectivity index (χ0n) is 16.2. The maximum atomic E-state index is 6.25. The second kappa shape index (κ2) is 8.01. The van der Waals surface area contributed by atoms with Crippen molar-refractivity contribution in [2.75, 3.05) is 19.0 Å². The molecule has 0 saturated heterocycles.